The molecule has 0 heterocycles. The fraction of sp³-hybridized carbons (Fsp3) is 0.400. The van der Waals surface area contributed by atoms with Crippen LogP contribution >= 0.6 is 11.8 Å². The predicted octanol–water partition coefficient (Wildman–Crippen LogP) is 3.62. The molecule has 182 valence electrons. The van der Waals surface area contributed by atoms with Gasteiger partial charge in [0, 0.05) is 45.3 Å². The van der Waals surface area contributed by atoms with Gasteiger partial charge in [-0.2, -0.15) is 0 Å². The van der Waals surface area contributed by atoms with Crippen molar-refractivity contribution in [3.63, 3.8) is 0 Å². The van der Waals surface area contributed by atoms with Gasteiger partial charge in [-0.05, 0) is 28.5 Å². The lowest BCUT2D eigenvalue weighted by molar-refractivity contribution is -0.125. The molecule has 0 spiro atoms. The molecular formula is C25H32N4O4S. The number of nitrogens with one attached hydrogen (secondary N) is 3. The minimum Gasteiger partial charge on any atom is -0.497 e. The molecule has 8 nitrogen and oxygen atoms in total. The van der Waals surface area contributed by atoms with Crippen molar-refractivity contribution in [3.05, 3.63) is 42.0 Å². The first kappa shape index (κ1) is 27.0. The highest BCUT2D eigenvalue weighted by Crippen LogP contribution is 2.28. The molecule has 1 unspecified atom stereocenters. The molecular weight excluding hydrogens is 452 g/mol. The standard InChI is InChI=1S/C25H32N4O4S/c1-15(17-6-7-19-11-21(33-5)9-8-18(19)10-17)25(32)34-14-22(28-16(2)30)23(31)12-20(26)13-24(27)29(3)4/h6-11,15,22,26-27H,12-14H2,1-5H3,(H,28,30)/t15-,22?/m0/s1. The number of rotatable bonds is 11. The summed E-state index contributed by atoms with van der Waals surface area (Å²) in [6.07, 6.45) is -0.123. The molecule has 0 radical (unpaired) electrons. The monoisotopic (exact) mass is 484 g/mol. The predicted molar refractivity (Wildman–Crippen MR) is 137 cm³/mol. The van der Waals surface area contributed by atoms with Crippen LogP contribution in [0.5, 0.6) is 5.75 Å². The van der Waals surface area contributed by atoms with Crippen molar-refractivity contribution in [1.29, 1.82) is 10.8 Å². The number of amidine groups is 1. The van der Waals surface area contributed by atoms with Crippen LogP contribution in [0.3, 0.4) is 0 Å². The Bertz CT molecular complexity index is 1100. The SMILES string of the molecule is COc1ccc2cc([C@H](C)C(=O)SCC(NC(C)=O)C(=O)CC(=N)CC(=N)N(C)C)ccc2c1. The molecule has 2 aromatic carbocycles. The molecule has 0 saturated carbocycles. The zero-order valence-electron chi connectivity index (χ0n) is 20.2. The molecule has 0 saturated heterocycles. The first-order valence-corrected chi connectivity index (χ1v) is 11.9. The molecule has 2 rings (SSSR count). The second-order valence-electron chi connectivity index (χ2n) is 8.34. The Morgan fingerprint density at radius 2 is 1.71 bits per heavy atom. The number of carbonyl (C=O) groups excluding carboxylic acids is 3. The zero-order chi connectivity index (χ0) is 25.4. The molecule has 0 bridgehead atoms. The third kappa shape index (κ3) is 7.69. The fourth-order valence-electron chi connectivity index (χ4n) is 3.28. The Morgan fingerprint density at radius 3 is 2.32 bits per heavy atom. The van der Waals surface area contributed by atoms with E-state index in [1.807, 2.05) is 43.3 Å². The number of carbonyl (C=O) groups is 3. The fourth-order valence-corrected chi connectivity index (χ4v) is 4.27. The maximum Gasteiger partial charge on any atom is 0.217 e. The topological polar surface area (TPSA) is 123 Å². The van der Waals surface area contributed by atoms with E-state index < -0.39 is 12.0 Å². The van der Waals surface area contributed by atoms with E-state index in [2.05, 4.69) is 5.32 Å². The van der Waals surface area contributed by atoms with E-state index in [4.69, 9.17) is 15.6 Å². The average Bonchev–Trinajstić information content (AvgIpc) is 2.79. The van der Waals surface area contributed by atoms with Crippen molar-refractivity contribution in [2.75, 3.05) is 27.0 Å². The number of hydrogen-bond acceptors (Lipinski definition) is 7. The van der Waals surface area contributed by atoms with Gasteiger partial charge < -0.3 is 20.4 Å². The van der Waals surface area contributed by atoms with E-state index in [9.17, 15) is 14.4 Å². The van der Waals surface area contributed by atoms with Crippen molar-refractivity contribution in [2.24, 2.45) is 0 Å². The van der Waals surface area contributed by atoms with Gasteiger partial charge in [0.25, 0.3) is 0 Å². The molecule has 0 aromatic heterocycles. The number of nitrogens with zero attached hydrogens (tertiary/aromatic N) is 1. The van der Waals surface area contributed by atoms with Gasteiger partial charge >= 0.3 is 0 Å². The van der Waals surface area contributed by atoms with Gasteiger partial charge in [0.05, 0.1) is 19.1 Å². The Morgan fingerprint density at radius 1 is 1.06 bits per heavy atom. The number of benzene rings is 2. The summed E-state index contributed by atoms with van der Waals surface area (Å²) in [5.41, 5.74) is 0.957. The highest BCUT2D eigenvalue weighted by atomic mass is 32.2. The first-order chi connectivity index (χ1) is 16.0. The van der Waals surface area contributed by atoms with Crippen molar-refractivity contribution in [3.8, 4) is 5.75 Å². The lowest BCUT2D eigenvalue weighted by Crippen LogP contribution is -2.42. The van der Waals surface area contributed by atoms with Crippen LogP contribution in [0.4, 0.5) is 0 Å². The summed E-state index contributed by atoms with van der Waals surface area (Å²) < 4.78 is 5.25. The summed E-state index contributed by atoms with van der Waals surface area (Å²) >= 11 is 1.000. The summed E-state index contributed by atoms with van der Waals surface area (Å²) in [6.45, 7) is 3.13. The van der Waals surface area contributed by atoms with Gasteiger partial charge in [-0.25, -0.2) is 0 Å². The molecule has 0 aliphatic heterocycles. The molecule has 0 aliphatic carbocycles. The first-order valence-electron chi connectivity index (χ1n) is 10.9. The second-order valence-corrected chi connectivity index (χ2v) is 9.37. The largest absolute Gasteiger partial charge is 0.497 e. The molecule has 3 N–H and O–H groups in total. The van der Waals surface area contributed by atoms with Crippen LogP contribution in [0.1, 0.15) is 38.2 Å². The molecule has 0 fully saturated rings. The second kappa shape index (κ2) is 12.3. The van der Waals surface area contributed by atoms with Crippen LogP contribution in [0.15, 0.2) is 36.4 Å². The Kier molecular flexibility index (Phi) is 9.80. The Labute approximate surface area is 204 Å². The van der Waals surface area contributed by atoms with Crippen LogP contribution in [0.2, 0.25) is 0 Å². The Balaban J connectivity index is 2.03. The van der Waals surface area contributed by atoms with Crippen LogP contribution < -0.4 is 10.1 Å². The third-order valence-corrected chi connectivity index (χ3v) is 6.53. The highest BCUT2D eigenvalue weighted by Gasteiger charge is 2.24. The summed E-state index contributed by atoms with van der Waals surface area (Å²) in [4.78, 5) is 38.8. The van der Waals surface area contributed by atoms with Crippen molar-refractivity contribution in [1.82, 2.24) is 10.2 Å². The molecule has 1 amide bonds. The number of methoxy groups -OCH3 is 1. The van der Waals surface area contributed by atoms with Crippen LogP contribution in [0, 0.1) is 10.8 Å². The third-order valence-electron chi connectivity index (χ3n) is 5.39. The molecule has 0 aliphatic rings. The number of fused-ring (bicyclic) bond motifs is 1. The number of thioether (sulfide) groups is 1. The van der Waals surface area contributed by atoms with Crippen molar-refractivity contribution in [2.45, 2.75) is 38.6 Å². The van der Waals surface area contributed by atoms with Gasteiger partial charge in [0.1, 0.15) is 11.6 Å². The Hall–Kier alpha value is -3.20. The summed E-state index contributed by atoms with van der Waals surface area (Å²) in [7, 11) is 5.02. The summed E-state index contributed by atoms with van der Waals surface area (Å²) in [5, 5.41) is 20.3. The number of ether oxygens (including phenoxy) is 1. The lowest BCUT2D eigenvalue weighted by Gasteiger charge is -2.19. The molecule has 2 aromatic rings. The van der Waals surface area contributed by atoms with E-state index in [1.54, 1.807) is 26.1 Å². The summed E-state index contributed by atoms with van der Waals surface area (Å²) in [6, 6.07) is 10.7. The van der Waals surface area contributed by atoms with Crippen molar-refractivity contribution < 1.29 is 19.1 Å². The maximum atomic E-state index is 12.9. The average molecular weight is 485 g/mol. The molecule has 9 heteroatoms. The zero-order valence-corrected chi connectivity index (χ0v) is 21.0. The minimum atomic E-state index is -0.878. The maximum absolute atomic E-state index is 12.9. The smallest absolute Gasteiger partial charge is 0.217 e. The number of amides is 1. The number of Topliss-reactive ketones (excluding diaryl/α,β-unsaturated/α-hetero) is 1. The summed E-state index contributed by atoms with van der Waals surface area (Å²) in [5.74, 6) is -0.0498. The van der Waals surface area contributed by atoms with Gasteiger partial charge in [-0.15, -0.1) is 0 Å². The van der Waals surface area contributed by atoms with E-state index >= 15 is 0 Å². The van der Waals surface area contributed by atoms with E-state index in [0.717, 1.165) is 33.8 Å². The molecule has 2 atom stereocenters. The van der Waals surface area contributed by atoms with Gasteiger partial charge in [-0.1, -0.05) is 43.0 Å². The van der Waals surface area contributed by atoms with Crippen molar-refractivity contribution >= 4 is 50.9 Å². The highest BCUT2D eigenvalue weighted by molar-refractivity contribution is 8.13. The van der Waals surface area contributed by atoms with E-state index in [1.165, 1.54) is 6.92 Å². The van der Waals surface area contributed by atoms with E-state index in [0.29, 0.717) is 0 Å². The lowest BCUT2D eigenvalue weighted by atomic mass is 9.99. The van der Waals surface area contributed by atoms with Gasteiger partial charge in [0.15, 0.2) is 10.9 Å². The number of ketones is 1. The number of hydrogen-bond donors (Lipinski definition) is 3. The van der Waals surface area contributed by atoms with Crippen LogP contribution in [-0.2, 0) is 14.4 Å². The van der Waals surface area contributed by atoms with Gasteiger partial charge in [-0.3, -0.25) is 19.8 Å². The van der Waals surface area contributed by atoms with Gasteiger partial charge in [0.2, 0.25) is 5.91 Å². The van der Waals surface area contributed by atoms with E-state index in [-0.39, 0.29) is 46.9 Å². The minimum absolute atomic E-state index is 0.0580. The normalized spacial score (nSPS) is 12.5. The van der Waals surface area contributed by atoms with Crippen LogP contribution in [0.25, 0.3) is 10.8 Å². The quantitative estimate of drug-likeness (QED) is 0.331. The van der Waals surface area contributed by atoms with Crippen LogP contribution in [-0.4, -0.2) is 66.3 Å². The molecule has 34 heavy (non-hydrogen) atoms.